The van der Waals surface area contributed by atoms with Gasteiger partial charge in [0.25, 0.3) is 5.91 Å². The van der Waals surface area contributed by atoms with Crippen LogP contribution in [-0.4, -0.2) is 82.1 Å². The van der Waals surface area contributed by atoms with Crippen LogP contribution in [0, 0.1) is 6.92 Å². The van der Waals surface area contributed by atoms with Gasteiger partial charge in [0.05, 0.1) is 17.4 Å². The molecule has 10 nitrogen and oxygen atoms in total. The first-order valence-electron chi connectivity index (χ1n) is 13.9. The Morgan fingerprint density at radius 2 is 1.84 bits per heavy atom. The number of likely N-dealkylation sites (N-methyl/N-ethyl adjacent to an activating group) is 1. The molecule has 45 heavy (non-hydrogen) atoms. The molecule has 0 radical (unpaired) electrons. The fourth-order valence-corrected chi connectivity index (χ4v) is 5.22. The van der Waals surface area contributed by atoms with Crippen LogP contribution in [0.3, 0.4) is 0 Å². The van der Waals surface area contributed by atoms with Crippen molar-refractivity contribution in [1.82, 2.24) is 29.7 Å². The third-order valence-electron chi connectivity index (χ3n) is 7.60. The number of amides is 1. The number of nitrogens with zero attached hydrogens (tertiary/aromatic N) is 6. The Labute approximate surface area is 265 Å². The van der Waals surface area contributed by atoms with E-state index in [2.05, 4.69) is 30.6 Å². The zero-order chi connectivity index (χ0) is 31.4. The highest BCUT2D eigenvalue weighted by Crippen LogP contribution is 2.34. The first-order valence-corrected chi connectivity index (χ1v) is 13.9. The van der Waals surface area contributed by atoms with Crippen molar-refractivity contribution < 1.29 is 22.7 Å². The maximum atomic E-state index is 14.2. The van der Waals surface area contributed by atoms with Gasteiger partial charge in [-0.1, -0.05) is 12.1 Å². The standard InChI is InChI=1S/C31H33F3N8O2.ClH/c1-19-5-8-23(12-26(19)40-30-37-10-9-25(39-30)22-13-35-18-36-14-22)38-29(43)20-6-7-21(24(11-20)31(32,33)34)15-42-16-27(41(2)3)28(17-42)44-4;/h5-14,18,27-28H,15-17H2,1-4H3,(H,38,43)(H,37,39,40);1H/t27-,28-;/m1./s1. The molecule has 0 unspecified atom stereocenters. The lowest BCUT2D eigenvalue weighted by atomic mass is 10.0. The zero-order valence-electron chi connectivity index (χ0n) is 25.2. The first kappa shape index (κ1) is 33.7. The van der Waals surface area contributed by atoms with Gasteiger partial charge in [-0.2, -0.15) is 13.2 Å². The quantitative estimate of drug-likeness (QED) is 0.247. The summed E-state index contributed by atoms with van der Waals surface area (Å²) in [6, 6.07) is 10.7. The molecule has 3 heterocycles. The number of hydrogen-bond acceptors (Lipinski definition) is 9. The van der Waals surface area contributed by atoms with E-state index in [-0.39, 0.29) is 42.2 Å². The summed E-state index contributed by atoms with van der Waals surface area (Å²) < 4.78 is 48.1. The fourth-order valence-electron chi connectivity index (χ4n) is 5.22. The van der Waals surface area contributed by atoms with Gasteiger partial charge in [-0.3, -0.25) is 9.69 Å². The number of rotatable bonds is 9. The minimum Gasteiger partial charge on any atom is -0.378 e. The maximum Gasteiger partial charge on any atom is 0.416 e. The molecular weight excluding hydrogens is 609 g/mol. The van der Waals surface area contributed by atoms with Crippen molar-refractivity contribution in [2.24, 2.45) is 0 Å². The summed E-state index contributed by atoms with van der Waals surface area (Å²) in [6.07, 6.45) is 1.57. The lowest BCUT2D eigenvalue weighted by Crippen LogP contribution is -2.39. The first-order chi connectivity index (χ1) is 21.0. The molecule has 5 rings (SSSR count). The van der Waals surface area contributed by atoms with E-state index in [4.69, 9.17) is 4.74 Å². The molecule has 2 N–H and O–H groups in total. The Kier molecular flexibility index (Phi) is 10.7. The highest BCUT2D eigenvalue weighted by atomic mass is 35.5. The molecule has 14 heteroatoms. The number of ether oxygens (including phenoxy) is 1. The number of hydrogen-bond donors (Lipinski definition) is 2. The van der Waals surface area contributed by atoms with E-state index in [1.165, 1.54) is 18.5 Å². The van der Waals surface area contributed by atoms with E-state index in [9.17, 15) is 18.0 Å². The summed E-state index contributed by atoms with van der Waals surface area (Å²) in [7, 11) is 5.46. The van der Waals surface area contributed by atoms with Crippen LogP contribution in [0.5, 0.6) is 0 Å². The third-order valence-corrected chi connectivity index (χ3v) is 7.60. The molecule has 1 aliphatic heterocycles. The number of carbonyl (C=O) groups is 1. The highest BCUT2D eigenvalue weighted by molar-refractivity contribution is 6.04. The summed E-state index contributed by atoms with van der Waals surface area (Å²) in [4.78, 5) is 33.9. The van der Waals surface area contributed by atoms with Crippen LogP contribution < -0.4 is 10.6 Å². The Bertz CT molecular complexity index is 1620. The van der Waals surface area contributed by atoms with Gasteiger partial charge >= 0.3 is 6.18 Å². The Balaban J connectivity index is 0.00000461. The van der Waals surface area contributed by atoms with E-state index in [1.807, 2.05) is 30.8 Å². The summed E-state index contributed by atoms with van der Waals surface area (Å²) in [5.41, 5.74) is 2.37. The van der Waals surface area contributed by atoms with Crippen molar-refractivity contribution in [3.05, 3.63) is 89.6 Å². The lowest BCUT2D eigenvalue weighted by molar-refractivity contribution is -0.138. The van der Waals surface area contributed by atoms with Gasteiger partial charge in [-0.05, 0) is 62.5 Å². The van der Waals surface area contributed by atoms with Gasteiger partial charge in [0.2, 0.25) is 5.95 Å². The topological polar surface area (TPSA) is 108 Å². The molecule has 238 valence electrons. The molecule has 2 atom stereocenters. The number of alkyl halides is 3. The Morgan fingerprint density at radius 3 is 2.51 bits per heavy atom. The normalized spacial score (nSPS) is 16.8. The minimum absolute atomic E-state index is 0. The Morgan fingerprint density at radius 1 is 1.09 bits per heavy atom. The molecule has 0 bridgehead atoms. The van der Waals surface area contributed by atoms with Crippen molar-refractivity contribution >= 4 is 35.6 Å². The van der Waals surface area contributed by atoms with E-state index >= 15 is 0 Å². The highest BCUT2D eigenvalue weighted by Gasteiger charge is 2.38. The molecule has 2 aromatic heterocycles. The molecule has 4 aromatic rings. The second-order valence-corrected chi connectivity index (χ2v) is 10.9. The van der Waals surface area contributed by atoms with Crippen LogP contribution in [0.2, 0.25) is 0 Å². The van der Waals surface area contributed by atoms with Crippen LogP contribution >= 0.6 is 12.4 Å². The van der Waals surface area contributed by atoms with Crippen molar-refractivity contribution in [3.63, 3.8) is 0 Å². The number of anilines is 3. The number of nitrogens with one attached hydrogen (secondary N) is 2. The monoisotopic (exact) mass is 642 g/mol. The average Bonchev–Trinajstić information content (AvgIpc) is 3.42. The fraction of sp³-hybridized carbons (Fsp3) is 0.323. The Hall–Kier alpha value is -4.17. The molecule has 1 amide bonds. The number of aryl methyl sites for hydroxylation is 1. The van der Waals surface area contributed by atoms with Gasteiger partial charge in [-0.15, -0.1) is 12.4 Å². The van der Waals surface area contributed by atoms with Crippen molar-refractivity contribution in [2.75, 3.05) is 44.9 Å². The summed E-state index contributed by atoms with van der Waals surface area (Å²) in [6.45, 7) is 3.05. The van der Waals surface area contributed by atoms with Gasteiger partial charge in [0.1, 0.15) is 6.33 Å². The van der Waals surface area contributed by atoms with E-state index < -0.39 is 17.6 Å². The molecule has 0 aliphatic carbocycles. The number of likely N-dealkylation sites (tertiary alicyclic amines) is 1. The maximum absolute atomic E-state index is 14.2. The molecular formula is C31H34ClF3N8O2. The number of benzene rings is 2. The van der Waals surface area contributed by atoms with Gasteiger partial charge < -0.3 is 20.3 Å². The molecule has 2 aromatic carbocycles. The van der Waals surface area contributed by atoms with Crippen LogP contribution in [0.15, 0.2) is 67.4 Å². The summed E-state index contributed by atoms with van der Waals surface area (Å²) in [5.74, 6) is -0.345. The summed E-state index contributed by atoms with van der Waals surface area (Å²) in [5, 5.41) is 5.86. The number of carbonyl (C=O) groups excluding carboxylic acids is 1. The second-order valence-electron chi connectivity index (χ2n) is 10.9. The van der Waals surface area contributed by atoms with Crippen LogP contribution in [0.1, 0.15) is 27.0 Å². The van der Waals surface area contributed by atoms with Gasteiger partial charge in [0.15, 0.2) is 0 Å². The molecule has 1 fully saturated rings. The largest absolute Gasteiger partial charge is 0.416 e. The van der Waals surface area contributed by atoms with Crippen LogP contribution in [-0.2, 0) is 17.5 Å². The molecule has 0 spiro atoms. The number of aromatic nitrogens is 4. The molecule has 1 aliphatic rings. The van der Waals surface area contributed by atoms with Gasteiger partial charge in [0, 0.05) is 73.9 Å². The van der Waals surface area contributed by atoms with E-state index in [0.717, 1.165) is 17.2 Å². The lowest BCUT2D eigenvalue weighted by Gasteiger charge is -2.24. The smallest absolute Gasteiger partial charge is 0.378 e. The molecule has 0 saturated carbocycles. The van der Waals surface area contributed by atoms with Crippen molar-refractivity contribution in [1.29, 1.82) is 0 Å². The van der Waals surface area contributed by atoms with Crippen LogP contribution in [0.25, 0.3) is 11.3 Å². The van der Waals surface area contributed by atoms with E-state index in [1.54, 1.807) is 50.0 Å². The SMILES string of the molecule is CO[C@@H]1CN(Cc2ccc(C(=O)Nc3ccc(C)c(Nc4nccc(-c5cncnc5)n4)c3)cc2C(F)(F)F)C[C@H]1N(C)C.Cl. The average molecular weight is 643 g/mol. The zero-order valence-corrected chi connectivity index (χ0v) is 26.0. The number of halogens is 4. The predicted octanol–water partition coefficient (Wildman–Crippen LogP) is 5.44. The third kappa shape index (κ3) is 8.11. The van der Waals surface area contributed by atoms with Gasteiger partial charge in [-0.25, -0.2) is 19.9 Å². The van der Waals surface area contributed by atoms with E-state index in [0.29, 0.717) is 36.1 Å². The van der Waals surface area contributed by atoms with Crippen molar-refractivity contribution in [2.45, 2.75) is 31.8 Å². The molecule has 1 saturated heterocycles. The second kappa shape index (κ2) is 14.3. The van der Waals surface area contributed by atoms with Crippen molar-refractivity contribution in [3.8, 4) is 11.3 Å². The number of methoxy groups -OCH3 is 1. The summed E-state index contributed by atoms with van der Waals surface area (Å²) >= 11 is 0. The van der Waals surface area contributed by atoms with Crippen LogP contribution in [0.4, 0.5) is 30.5 Å². The predicted molar refractivity (Wildman–Crippen MR) is 168 cm³/mol. The minimum atomic E-state index is -4.63.